The van der Waals surface area contributed by atoms with Crippen LogP contribution in [0.15, 0.2) is 6.20 Å². The quantitative estimate of drug-likeness (QED) is 0.599. The maximum Gasteiger partial charge on any atom is 0.316 e. The van der Waals surface area contributed by atoms with E-state index in [9.17, 15) is 4.79 Å². The summed E-state index contributed by atoms with van der Waals surface area (Å²) in [5.41, 5.74) is 0.110. The second-order valence-electron chi connectivity index (χ2n) is 3.92. The summed E-state index contributed by atoms with van der Waals surface area (Å²) < 4.78 is 5.06. The van der Waals surface area contributed by atoms with Crippen molar-refractivity contribution in [1.29, 1.82) is 0 Å². The number of ether oxygens (including phenoxy) is 1. The summed E-state index contributed by atoms with van der Waals surface area (Å²) in [7, 11) is 0. The summed E-state index contributed by atoms with van der Waals surface area (Å²) >= 11 is 6.04. The van der Waals surface area contributed by atoms with Gasteiger partial charge < -0.3 is 4.74 Å². The fourth-order valence-corrected chi connectivity index (χ4v) is 2.09. The number of rotatable bonds is 3. The minimum atomic E-state index is -0.583. The average Bonchev–Trinajstić information content (AvgIpc) is 2.99. The van der Waals surface area contributed by atoms with Gasteiger partial charge in [-0.2, -0.15) is 0 Å². The number of aryl methyl sites for hydroxylation is 1. The molecule has 1 aromatic rings. The van der Waals surface area contributed by atoms with Crippen molar-refractivity contribution in [3.8, 4) is 0 Å². The minimum absolute atomic E-state index is 0.218. The number of nitrogens with zero attached hydrogens (tertiary/aromatic N) is 2. The van der Waals surface area contributed by atoms with Crippen LogP contribution in [-0.4, -0.2) is 22.5 Å². The van der Waals surface area contributed by atoms with E-state index in [1.807, 2.05) is 0 Å². The van der Waals surface area contributed by atoms with Crippen LogP contribution in [-0.2, 0) is 14.9 Å². The van der Waals surface area contributed by atoms with Gasteiger partial charge in [-0.15, -0.1) is 0 Å². The third kappa shape index (κ3) is 1.78. The highest BCUT2D eigenvalue weighted by molar-refractivity contribution is 6.30. The van der Waals surface area contributed by atoms with Crippen LogP contribution in [0, 0.1) is 6.92 Å². The highest BCUT2D eigenvalue weighted by atomic mass is 35.5. The maximum absolute atomic E-state index is 11.8. The van der Waals surface area contributed by atoms with E-state index in [2.05, 4.69) is 9.97 Å². The Morgan fingerprint density at radius 1 is 1.62 bits per heavy atom. The fourth-order valence-electron chi connectivity index (χ4n) is 1.74. The summed E-state index contributed by atoms with van der Waals surface area (Å²) in [6, 6.07) is 0. The molecule has 0 N–H and O–H groups in total. The normalized spacial score (nSPS) is 16.9. The Morgan fingerprint density at radius 3 is 2.81 bits per heavy atom. The molecule has 0 unspecified atom stereocenters. The molecule has 86 valence electrons. The number of hydrogen-bond donors (Lipinski definition) is 0. The van der Waals surface area contributed by atoms with Crippen LogP contribution < -0.4 is 0 Å². The van der Waals surface area contributed by atoms with Crippen LogP contribution in [0.5, 0.6) is 0 Å². The number of aromatic nitrogens is 2. The van der Waals surface area contributed by atoms with E-state index in [0.717, 1.165) is 12.8 Å². The van der Waals surface area contributed by atoms with Crippen molar-refractivity contribution < 1.29 is 9.53 Å². The van der Waals surface area contributed by atoms with Gasteiger partial charge in [0.25, 0.3) is 0 Å². The Balaban J connectivity index is 2.33. The Labute approximate surface area is 99.0 Å². The van der Waals surface area contributed by atoms with Crippen LogP contribution in [0.3, 0.4) is 0 Å². The van der Waals surface area contributed by atoms with Gasteiger partial charge in [-0.3, -0.25) is 4.79 Å². The number of hydrogen-bond acceptors (Lipinski definition) is 4. The van der Waals surface area contributed by atoms with E-state index < -0.39 is 5.41 Å². The van der Waals surface area contributed by atoms with Gasteiger partial charge in [-0.1, -0.05) is 11.6 Å². The van der Waals surface area contributed by atoms with E-state index in [1.165, 1.54) is 0 Å². The molecule has 1 fully saturated rings. The molecule has 2 rings (SSSR count). The molecule has 1 aliphatic carbocycles. The van der Waals surface area contributed by atoms with Crippen molar-refractivity contribution in [1.82, 2.24) is 9.97 Å². The number of carbonyl (C=O) groups excluding carboxylic acids is 1. The van der Waals surface area contributed by atoms with Gasteiger partial charge in [-0.05, 0) is 26.7 Å². The number of halogens is 1. The molecule has 1 aromatic heterocycles. The predicted molar refractivity (Wildman–Crippen MR) is 59.3 cm³/mol. The van der Waals surface area contributed by atoms with Gasteiger partial charge in [0.15, 0.2) is 0 Å². The molecular weight excluding hydrogens is 228 g/mol. The maximum atomic E-state index is 11.8. The third-order valence-corrected chi connectivity index (χ3v) is 3.08. The lowest BCUT2D eigenvalue weighted by molar-refractivity contribution is -0.146. The Hall–Kier alpha value is -1.16. The summed E-state index contributed by atoms with van der Waals surface area (Å²) in [4.78, 5) is 20.0. The van der Waals surface area contributed by atoms with Crippen LogP contribution in [0.1, 0.15) is 31.2 Å². The monoisotopic (exact) mass is 240 g/mol. The summed E-state index contributed by atoms with van der Waals surface area (Å²) in [6.45, 7) is 3.94. The zero-order valence-corrected chi connectivity index (χ0v) is 10.0. The van der Waals surface area contributed by atoms with Crippen molar-refractivity contribution in [3.05, 3.63) is 22.7 Å². The Bertz CT molecular complexity index is 430. The van der Waals surface area contributed by atoms with Crippen molar-refractivity contribution in [3.63, 3.8) is 0 Å². The largest absolute Gasteiger partial charge is 0.465 e. The third-order valence-electron chi connectivity index (χ3n) is 2.79. The van der Waals surface area contributed by atoms with Crippen LogP contribution >= 0.6 is 11.6 Å². The summed E-state index contributed by atoms with van der Waals surface area (Å²) in [5, 5.41) is 0.359. The fraction of sp³-hybridized carbons (Fsp3) is 0.545. The predicted octanol–water partition coefficient (Wildman–Crippen LogP) is 2.03. The van der Waals surface area contributed by atoms with Crippen LogP contribution in [0.4, 0.5) is 0 Å². The first-order valence-corrected chi connectivity index (χ1v) is 5.65. The van der Waals surface area contributed by atoms with Crippen molar-refractivity contribution >= 4 is 17.6 Å². The van der Waals surface area contributed by atoms with Gasteiger partial charge in [0.1, 0.15) is 11.0 Å². The van der Waals surface area contributed by atoms with Gasteiger partial charge in [-0.25, -0.2) is 9.97 Å². The minimum Gasteiger partial charge on any atom is -0.465 e. The van der Waals surface area contributed by atoms with E-state index >= 15 is 0 Å². The summed E-state index contributed by atoms with van der Waals surface area (Å²) in [6.07, 6.45) is 3.16. The second-order valence-corrected chi connectivity index (χ2v) is 4.28. The Kier molecular flexibility index (Phi) is 2.84. The molecule has 0 atom stereocenters. The highest BCUT2D eigenvalue weighted by Gasteiger charge is 2.54. The zero-order valence-electron chi connectivity index (χ0n) is 9.29. The molecule has 0 radical (unpaired) electrons. The number of esters is 1. The van der Waals surface area contributed by atoms with Crippen LogP contribution in [0.25, 0.3) is 0 Å². The Morgan fingerprint density at radius 2 is 2.31 bits per heavy atom. The van der Waals surface area contributed by atoms with Gasteiger partial charge in [0.05, 0.1) is 12.0 Å². The lowest BCUT2D eigenvalue weighted by atomic mass is 9.99. The number of carbonyl (C=O) groups is 1. The molecule has 0 spiro atoms. The van der Waals surface area contributed by atoms with Gasteiger partial charge in [0, 0.05) is 11.8 Å². The van der Waals surface area contributed by atoms with Gasteiger partial charge >= 0.3 is 5.97 Å². The molecule has 1 heterocycles. The molecule has 0 saturated heterocycles. The standard InChI is InChI=1S/C11H13ClN2O2/c1-3-16-10(15)11(4-5-11)8-6-13-7(2)14-9(8)12/h6H,3-5H2,1-2H3. The van der Waals surface area contributed by atoms with E-state index in [1.54, 1.807) is 20.0 Å². The molecule has 1 aliphatic rings. The summed E-state index contributed by atoms with van der Waals surface area (Å²) in [5.74, 6) is 0.387. The molecule has 1 saturated carbocycles. The first-order valence-electron chi connectivity index (χ1n) is 5.27. The lowest BCUT2D eigenvalue weighted by Crippen LogP contribution is -2.24. The van der Waals surface area contributed by atoms with E-state index in [-0.39, 0.29) is 5.97 Å². The van der Waals surface area contributed by atoms with E-state index in [0.29, 0.717) is 23.1 Å². The van der Waals surface area contributed by atoms with Gasteiger partial charge in [0.2, 0.25) is 0 Å². The molecule has 0 aliphatic heterocycles. The van der Waals surface area contributed by atoms with Crippen molar-refractivity contribution in [2.75, 3.05) is 6.61 Å². The van der Waals surface area contributed by atoms with Crippen LogP contribution in [0.2, 0.25) is 5.15 Å². The molecule has 16 heavy (non-hydrogen) atoms. The smallest absolute Gasteiger partial charge is 0.316 e. The molecule has 0 aromatic carbocycles. The molecule has 0 bridgehead atoms. The molecule has 0 amide bonds. The first kappa shape index (κ1) is 11.3. The zero-order chi connectivity index (χ0) is 11.8. The highest BCUT2D eigenvalue weighted by Crippen LogP contribution is 2.50. The van der Waals surface area contributed by atoms with E-state index in [4.69, 9.17) is 16.3 Å². The SMILES string of the molecule is CCOC(=O)C1(c2cnc(C)nc2Cl)CC1. The molecule has 5 heteroatoms. The van der Waals surface area contributed by atoms with Crippen molar-refractivity contribution in [2.45, 2.75) is 32.1 Å². The molecule has 4 nitrogen and oxygen atoms in total. The lowest BCUT2D eigenvalue weighted by Gasteiger charge is -2.14. The average molecular weight is 241 g/mol. The second kappa shape index (κ2) is 4.01. The topological polar surface area (TPSA) is 52.1 Å². The first-order chi connectivity index (χ1) is 7.60. The van der Waals surface area contributed by atoms with Crippen molar-refractivity contribution in [2.24, 2.45) is 0 Å². The molecular formula is C11H13ClN2O2.